The second-order valence-corrected chi connectivity index (χ2v) is 11.6. The zero-order chi connectivity index (χ0) is 23.9. The van der Waals surface area contributed by atoms with E-state index in [-0.39, 0.29) is 5.91 Å². The van der Waals surface area contributed by atoms with Crippen molar-refractivity contribution in [3.8, 4) is 11.3 Å². The molecule has 1 saturated carbocycles. The van der Waals surface area contributed by atoms with Gasteiger partial charge in [0.25, 0.3) is 0 Å². The molecule has 2 fully saturated rings. The smallest absolute Gasteiger partial charge is 0.231 e. The molecule has 4 aromatic heterocycles. The fourth-order valence-corrected chi connectivity index (χ4v) is 8.04. The van der Waals surface area contributed by atoms with Crippen LogP contribution in [-0.2, 0) is 4.79 Å². The largest absolute Gasteiger partial charge is 0.369 e. The number of fused-ring (bicyclic) bond motifs is 4. The van der Waals surface area contributed by atoms with Crippen molar-refractivity contribution < 1.29 is 4.79 Å². The van der Waals surface area contributed by atoms with Gasteiger partial charge in [-0.1, -0.05) is 13.8 Å². The Bertz CT molecular complexity index is 1440. The second-order valence-electron chi connectivity index (χ2n) is 10.6. The van der Waals surface area contributed by atoms with Crippen molar-refractivity contribution in [2.45, 2.75) is 65.3 Å². The molecule has 1 aliphatic heterocycles. The molecule has 178 valence electrons. The summed E-state index contributed by atoms with van der Waals surface area (Å²) in [5.74, 6) is 1.38. The summed E-state index contributed by atoms with van der Waals surface area (Å²) in [6.07, 6.45) is 6.05. The highest BCUT2D eigenvalue weighted by molar-refractivity contribution is 7.19. The molecule has 0 aromatic carbocycles. The predicted octanol–water partition coefficient (Wildman–Crippen LogP) is 4.65. The van der Waals surface area contributed by atoms with E-state index in [1.54, 1.807) is 6.33 Å². The zero-order valence-electron chi connectivity index (χ0n) is 20.5. The van der Waals surface area contributed by atoms with Gasteiger partial charge in [0.15, 0.2) is 5.65 Å². The van der Waals surface area contributed by atoms with E-state index >= 15 is 0 Å². The number of hydrogen-bond acceptors (Lipinski definition) is 5. The first kappa shape index (κ1) is 21.8. The summed E-state index contributed by atoms with van der Waals surface area (Å²) in [7, 11) is 0. The summed E-state index contributed by atoms with van der Waals surface area (Å²) in [5, 5.41) is 5.81. The van der Waals surface area contributed by atoms with E-state index in [0.29, 0.717) is 30.3 Å². The number of nitrogens with zero attached hydrogens (tertiary/aromatic N) is 4. The van der Waals surface area contributed by atoms with E-state index in [1.807, 2.05) is 15.9 Å². The Morgan fingerprint density at radius 2 is 2.03 bits per heavy atom. The standard InChI is InChI=1S/C26H32N6OS/c1-12(2)21-22-15(5)24(18-7-17-6-16(18)8-31(17)10-20(27)33)34-26(22)30-23(21)19-9-32-25(28-11-29-32)14(4)13(19)3/h9,11-12,16-18,30H,6-8,10H2,1-5H3,(H2,27,33)/t16-,17?,18+/m1/s1. The van der Waals surface area contributed by atoms with Gasteiger partial charge in [-0.25, -0.2) is 9.50 Å². The number of carbonyl (C=O) groups is 1. The first-order valence-corrected chi connectivity index (χ1v) is 13.0. The number of hydrogen-bond donors (Lipinski definition) is 2. The van der Waals surface area contributed by atoms with Crippen LogP contribution in [0.25, 0.3) is 27.1 Å². The van der Waals surface area contributed by atoms with Gasteiger partial charge in [-0.05, 0) is 73.6 Å². The van der Waals surface area contributed by atoms with Crippen LogP contribution in [0.3, 0.4) is 0 Å². The number of nitrogens with two attached hydrogens (primary N) is 1. The maximum absolute atomic E-state index is 11.4. The predicted molar refractivity (Wildman–Crippen MR) is 136 cm³/mol. The number of rotatable bonds is 5. The normalized spacial score (nSPS) is 22.7. The lowest BCUT2D eigenvalue weighted by atomic mass is 9.88. The molecule has 1 unspecified atom stereocenters. The summed E-state index contributed by atoms with van der Waals surface area (Å²) in [6.45, 7) is 12.6. The van der Waals surface area contributed by atoms with Gasteiger partial charge >= 0.3 is 0 Å². The molecule has 1 saturated heterocycles. The van der Waals surface area contributed by atoms with Crippen LogP contribution in [-0.4, -0.2) is 49.5 Å². The van der Waals surface area contributed by atoms with E-state index in [1.165, 1.54) is 55.0 Å². The lowest BCUT2D eigenvalue weighted by Gasteiger charge is -2.30. The third-order valence-corrected chi connectivity index (χ3v) is 9.62. The van der Waals surface area contributed by atoms with Crippen LogP contribution in [0.4, 0.5) is 0 Å². The monoisotopic (exact) mass is 476 g/mol. The molecule has 0 spiro atoms. The summed E-state index contributed by atoms with van der Waals surface area (Å²) in [5.41, 5.74) is 14.0. The summed E-state index contributed by atoms with van der Waals surface area (Å²) >= 11 is 1.94. The molecule has 2 aliphatic rings. The number of carbonyl (C=O) groups excluding carboxylic acids is 1. The van der Waals surface area contributed by atoms with Gasteiger partial charge < -0.3 is 10.7 Å². The Balaban J connectivity index is 1.43. The fourth-order valence-electron chi connectivity index (χ4n) is 6.61. The van der Waals surface area contributed by atoms with Crippen LogP contribution in [0.1, 0.15) is 65.7 Å². The number of piperidine rings is 1. The summed E-state index contributed by atoms with van der Waals surface area (Å²) in [6, 6.07) is 0.488. The third kappa shape index (κ3) is 3.08. The van der Waals surface area contributed by atoms with Crippen LogP contribution in [0, 0.1) is 26.7 Å². The highest BCUT2D eigenvalue weighted by atomic mass is 32.1. The Kier molecular flexibility index (Phi) is 4.90. The number of H-pyrrole nitrogens is 1. The van der Waals surface area contributed by atoms with Gasteiger partial charge in [-0.2, -0.15) is 5.10 Å². The summed E-state index contributed by atoms with van der Waals surface area (Å²) in [4.78, 5) is 24.8. The van der Waals surface area contributed by atoms with Crippen LogP contribution in [0.15, 0.2) is 12.5 Å². The topological polar surface area (TPSA) is 92.3 Å². The van der Waals surface area contributed by atoms with Gasteiger partial charge in [-0.3, -0.25) is 9.69 Å². The Labute approximate surface area is 203 Å². The van der Waals surface area contributed by atoms with Gasteiger partial charge in [0.05, 0.1) is 12.2 Å². The zero-order valence-corrected chi connectivity index (χ0v) is 21.3. The lowest BCUT2D eigenvalue weighted by Crippen LogP contribution is -2.40. The third-order valence-electron chi connectivity index (χ3n) is 8.28. The highest BCUT2D eigenvalue weighted by Crippen LogP contribution is 2.53. The number of aryl methyl sites for hydroxylation is 2. The molecule has 34 heavy (non-hydrogen) atoms. The Hall–Kier alpha value is -2.71. The number of aromatic nitrogens is 4. The number of aromatic amines is 1. The Morgan fingerprint density at radius 3 is 2.71 bits per heavy atom. The Morgan fingerprint density at radius 1 is 1.24 bits per heavy atom. The SMILES string of the molecule is Cc1c(-c2[nH]c3sc([C@H]4CC5C[C@@H]4CN5CC(N)=O)c(C)c3c2C(C)C)cn2ncnc2c1C. The number of likely N-dealkylation sites (tertiary alicyclic amines) is 1. The maximum atomic E-state index is 11.4. The van der Waals surface area contributed by atoms with E-state index in [4.69, 9.17) is 5.73 Å². The average molecular weight is 477 g/mol. The van der Waals surface area contributed by atoms with Crippen LogP contribution >= 0.6 is 11.3 Å². The summed E-state index contributed by atoms with van der Waals surface area (Å²) < 4.78 is 1.89. The van der Waals surface area contributed by atoms with Crippen molar-refractivity contribution in [3.63, 3.8) is 0 Å². The molecular weight excluding hydrogens is 444 g/mol. The number of pyridine rings is 1. The van der Waals surface area contributed by atoms with Crippen LogP contribution < -0.4 is 5.73 Å². The number of thiophene rings is 1. The van der Waals surface area contributed by atoms with Crippen LogP contribution in [0.5, 0.6) is 0 Å². The maximum Gasteiger partial charge on any atom is 0.231 e. The first-order valence-electron chi connectivity index (χ1n) is 12.2. The molecule has 2 bridgehead atoms. The quantitative estimate of drug-likeness (QED) is 0.438. The lowest BCUT2D eigenvalue weighted by molar-refractivity contribution is -0.119. The van der Waals surface area contributed by atoms with Crippen molar-refractivity contribution in [3.05, 3.63) is 39.7 Å². The minimum absolute atomic E-state index is 0.214. The van der Waals surface area contributed by atoms with E-state index in [0.717, 1.165) is 18.6 Å². The van der Waals surface area contributed by atoms with E-state index in [9.17, 15) is 4.79 Å². The van der Waals surface area contributed by atoms with Gasteiger partial charge in [0, 0.05) is 34.6 Å². The van der Waals surface area contributed by atoms with Gasteiger partial charge in [0.1, 0.15) is 11.2 Å². The number of nitrogens with one attached hydrogen (secondary N) is 1. The number of primary amides is 1. The minimum Gasteiger partial charge on any atom is -0.369 e. The molecule has 8 heteroatoms. The highest BCUT2D eigenvalue weighted by Gasteiger charge is 2.46. The number of amides is 1. The average Bonchev–Trinajstić information content (AvgIpc) is 3.57. The van der Waals surface area contributed by atoms with E-state index < -0.39 is 0 Å². The van der Waals surface area contributed by atoms with Gasteiger partial charge in [-0.15, -0.1) is 11.3 Å². The second kappa shape index (κ2) is 7.65. The molecule has 1 aliphatic carbocycles. The van der Waals surface area contributed by atoms with Crippen LogP contribution in [0.2, 0.25) is 0 Å². The molecule has 1 amide bonds. The minimum atomic E-state index is -0.214. The fraction of sp³-hybridized carbons (Fsp3) is 0.500. The van der Waals surface area contributed by atoms with Crippen molar-refractivity contribution in [1.82, 2.24) is 24.5 Å². The molecule has 3 N–H and O–H groups in total. The first-order chi connectivity index (χ1) is 16.2. The molecule has 5 heterocycles. The van der Waals surface area contributed by atoms with Crippen molar-refractivity contribution >= 4 is 33.1 Å². The molecule has 4 aromatic rings. The van der Waals surface area contributed by atoms with Crippen molar-refractivity contribution in [1.29, 1.82) is 0 Å². The van der Waals surface area contributed by atoms with Gasteiger partial charge in [0.2, 0.25) is 5.91 Å². The molecule has 6 rings (SSSR count). The van der Waals surface area contributed by atoms with Crippen molar-refractivity contribution in [2.75, 3.05) is 13.1 Å². The van der Waals surface area contributed by atoms with E-state index in [2.05, 4.69) is 60.8 Å². The molecule has 3 atom stereocenters. The van der Waals surface area contributed by atoms with Crippen molar-refractivity contribution in [2.24, 2.45) is 11.7 Å². The molecule has 0 radical (unpaired) electrons. The molecular formula is C26H32N6OS. The molecule has 7 nitrogen and oxygen atoms in total.